The summed E-state index contributed by atoms with van der Waals surface area (Å²) < 4.78 is 5.88. The Bertz CT molecular complexity index is 495. The highest BCUT2D eigenvalue weighted by molar-refractivity contribution is 6.32. The van der Waals surface area contributed by atoms with Crippen LogP contribution in [0.5, 0.6) is 5.75 Å². The highest BCUT2D eigenvalue weighted by Crippen LogP contribution is 2.25. The highest BCUT2D eigenvalue weighted by Gasteiger charge is 2.25. The maximum absolute atomic E-state index is 12.2. The average Bonchev–Trinajstić information content (AvgIpc) is 2.52. The van der Waals surface area contributed by atoms with E-state index in [1.807, 2.05) is 25.1 Å². The number of hydrogen-bond donors (Lipinski definition) is 2. The predicted octanol–water partition coefficient (Wildman–Crippen LogP) is 3.13. The fourth-order valence-corrected chi connectivity index (χ4v) is 2.99. The zero-order chi connectivity index (χ0) is 15.9. The van der Waals surface area contributed by atoms with E-state index in [0.717, 1.165) is 32.1 Å². The molecule has 1 aliphatic carbocycles. The molecule has 1 aromatic carbocycles. The number of halogens is 1. The van der Waals surface area contributed by atoms with Crippen LogP contribution in [0.25, 0.3) is 0 Å². The van der Waals surface area contributed by atoms with Gasteiger partial charge in [-0.15, -0.1) is 0 Å². The Hall–Kier alpha value is -1.26. The number of para-hydroxylation sites is 1. The van der Waals surface area contributed by atoms with Gasteiger partial charge >= 0.3 is 0 Å². The molecule has 0 saturated heterocycles. The van der Waals surface area contributed by atoms with Gasteiger partial charge in [0.25, 0.3) is 0 Å². The molecule has 122 valence electrons. The molecule has 1 saturated carbocycles. The van der Waals surface area contributed by atoms with Crippen LogP contribution in [0.15, 0.2) is 24.3 Å². The third-order valence-corrected chi connectivity index (χ3v) is 4.49. The molecule has 1 aliphatic rings. The molecule has 0 bridgehead atoms. The van der Waals surface area contributed by atoms with Gasteiger partial charge in [0.15, 0.2) is 0 Å². The van der Waals surface area contributed by atoms with E-state index in [1.165, 1.54) is 0 Å². The smallest absolute Gasteiger partial charge is 0.223 e. The van der Waals surface area contributed by atoms with Crippen LogP contribution in [0.2, 0.25) is 5.02 Å². The fraction of sp³-hybridized carbons (Fsp3) is 0.588. The van der Waals surface area contributed by atoms with E-state index < -0.39 is 0 Å². The number of ether oxygens (including phenoxy) is 1. The zero-order valence-electron chi connectivity index (χ0n) is 13.1. The second-order valence-electron chi connectivity index (χ2n) is 5.95. The number of amides is 1. The number of hydrogen-bond acceptors (Lipinski definition) is 3. The van der Waals surface area contributed by atoms with Crippen LogP contribution in [0.1, 0.15) is 39.0 Å². The molecule has 1 fully saturated rings. The third-order valence-electron chi connectivity index (χ3n) is 4.18. The number of nitrogens with two attached hydrogens (primary N) is 1. The van der Waals surface area contributed by atoms with E-state index in [-0.39, 0.29) is 24.0 Å². The van der Waals surface area contributed by atoms with Crippen molar-refractivity contribution < 1.29 is 9.53 Å². The zero-order valence-corrected chi connectivity index (χ0v) is 13.8. The average molecular weight is 325 g/mol. The Labute approximate surface area is 137 Å². The lowest BCUT2D eigenvalue weighted by Gasteiger charge is -2.26. The van der Waals surface area contributed by atoms with E-state index >= 15 is 0 Å². The topological polar surface area (TPSA) is 64.4 Å². The Balaban J connectivity index is 1.83. The van der Waals surface area contributed by atoms with Gasteiger partial charge in [0, 0.05) is 12.0 Å². The van der Waals surface area contributed by atoms with Crippen molar-refractivity contribution in [2.45, 2.75) is 51.2 Å². The van der Waals surface area contributed by atoms with Crippen LogP contribution in [0.3, 0.4) is 0 Å². The van der Waals surface area contributed by atoms with Crippen LogP contribution >= 0.6 is 11.6 Å². The number of nitrogens with one attached hydrogen (secondary N) is 1. The molecular weight excluding hydrogens is 300 g/mol. The van der Waals surface area contributed by atoms with Crippen LogP contribution < -0.4 is 15.8 Å². The van der Waals surface area contributed by atoms with Crippen molar-refractivity contribution in [3.63, 3.8) is 0 Å². The minimum atomic E-state index is -0.0823. The van der Waals surface area contributed by atoms with Crippen molar-refractivity contribution in [2.75, 3.05) is 6.54 Å². The molecule has 5 heteroatoms. The van der Waals surface area contributed by atoms with Crippen molar-refractivity contribution in [2.24, 2.45) is 11.7 Å². The van der Waals surface area contributed by atoms with Crippen LogP contribution in [-0.2, 0) is 4.79 Å². The lowest BCUT2D eigenvalue weighted by Crippen LogP contribution is -2.41. The summed E-state index contributed by atoms with van der Waals surface area (Å²) in [5, 5.41) is 3.59. The van der Waals surface area contributed by atoms with Gasteiger partial charge in [0.2, 0.25) is 5.91 Å². The van der Waals surface area contributed by atoms with Gasteiger partial charge in [0.1, 0.15) is 11.9 Å². The summed E-state index contributed by atoms with van der Waals surface area (Å²) in [4.78, 5) is 12.2. The molecule has 0 spiro atoms. The maximum atomic E-state index is 12.2. The number of benzene rings is 1. The molecule has 1 amide bonds. The maximum Gasteiger partial charge on any atom is 0.223 e. The lowest BCUT2D eigenvalue weighted by atomic mass is 9.85. The first-order valence-corrected chi connectivity index (χ1v) is 8.42. The Morgan fingerprint density at radius 3 is 2.91 bits per heavy atom. The van der Waals surface area contributed by atoms with Gasteiger partial charge in [-0.3, -0.25) is 4.79 Å². The normalized spacial score (nSPS) is 22.9. The first kappa shape index (κ1) is 17.1. The third kappa shape index (κ3) is 4.89. The van der Waals surface area contributed by atoms with Gasteiger partial charge in [-0.05, 0) is 37.8 Å². The summed E-state index contributed by atoms with van der Waals surface area (Å²) >= 11 is 6.10. The van der Waals surface area contributed by atoms with Crippen LogP contribution in [-0.4, -0.2) is 24.6 Å². The van der Waals surface area contributed by atoms with E-state index in [4.69, 9.17) is 22.1 Å². The van der Waals surface area contributed by atoms with E-state index in [0.29, 0.717) is 17.3 Å². The van der Waals surface area contributed by atoms with Gasteiger partial charge in [0.05, 0.1) is 11.6 Å². The minimum Gasteiger partial charge on any atom is -0.487 e. The van der Waals surface area contributed by atoms with Gasteiger partial charge in [-0.2, -0.15) is 0 Å². The first-order chi connectivity index (χ1) is 10.6. The largest absolute Gasteiger partial charge is 0.487 e. The van der Waals surface area contributed by atoms with Gasteiger partial charge < -0.3 is 15.8 Å². The summed E-state index contributed by atoms with van der Waals surface area (Å²) in [6, 6.07) is 7.55. The van der Waals surface area contributed by atoms with E-state index in [2.05, 4.69) is 5.32 Å². The van der Waals surface area contributed by atoms with Crippen LogP contribution in [0.4, 0.5) is 0 Å². The molecule has 3 unspecified atom stereocenters. The number of rotatable bonds is 6. The lowest BCUT2D eigenvalue weighted by molar-refractivity contribution is -0.126. The van der Waals surface area contributed by atoms with Crippen molar-refractivity contribution >= 4 is 17.5 Å². The van der Waals surface area contributed by atoms with E-state index in [9.17, 15) is 4.79 Å². The molecule has 0 aliphatic heterocycles. The molecule has 0 heterocycles. The SMILES string of the molecule is CCC(CNC(=O)C1CCCC(N)C1)Oc1ccccc1Cl. The summed E-state index contributed by atoms with van der Waals surface area (Å²) in [6.45, 7) is 2.52. The minimum absolute atomic E-state index is 0.0431. The summed E-state index contributed by atoms with van der Waals surface area (Å²) in [6.07, 6.45) is 4.50. The first-order valence-electron chi connectivity index (χ1n) is 8.04. The highest BCUT2D eigenvalue weighted by atomic mass is 35.5. The second-order valence-corrected chi connectivity index (χ2v) is 6.35. The molecule has 22 heavy (non-hydrogen) atoms. The molecule has 3 N–H and O–H groups in total. The molecule has 0 aromatic heterocycles. The second kappa shape index (κ2) is 8.39. The molecule has 0 radical (unpaired) electrons. The quantitative estimate of drug-likeness (QED) is 0.845. The Morgan fingerprint density at radius 1 is 1.45 bits per heavy atom. The van der Waals surface area contributed by atoms with Crippen LogP contribution in [0, 0.1) is 5.92 Å². The van der Waals surface area contributed by atoms with Gasteiger partial charge in [-0.1, -0.05) is 37.1 Å². The predicted molar refractivity (Wildman–Crippen MR) is 89.1 cm³/mol. The van der Waals surface area contributed by atoms with Crippen molar-refractivity contribution in [1.82, 2.24) is 5.32 Å². The standard InChI is InChI=1S/C17H25ClN2O2/c1-2-14(22-16-9-4-3-8-15(16)18)11-20-17(21)12-6-5-7-13(19)10-12/h3-4,8-9,12-14H,2,5-7,10-11,19H2,1H3,(H,20,21). The van der Waals surface area contributed by atoms with Gasteiger partial charge in [-0.25, -0.2) is 0 Å². The number of carbonyl (C=O) groups excluding carboxylic acids is 1. The molecule has 2 rings (SSSR count). The monoisotopic (exact) mass is 324 g/mol. The fourth-order valence-electron chi connectivity index (χ4n) is 2.81. The summed E-state index contributed by atoms with van der Waals surface area (Å²) in [5.41, 5.74) is 5.94. The molecular formula is C17H25ClN2O2. The van der Waals surface area contributed by atoms with Crippen molar-refractivity contribution in [3.8, 4) is 5.75 Å². The van der Waals surface area contributed by atoms with E-state index in [1.54, 1.807) is 6.07 Å². The molecule has 4 nitrogen and oxygen atoms in total. The van der Waals surface area contributed by atoms with Crippen molar-refractivity contribution in [3.05, 3.63) is 29.3 Å². The number of carbonyl (C=O) groups is 1. The Kier molecular flexibility index (Phi) is 6.52. The molecule has 1 aromatic rings. The van der Waals surface area contributed by atoms with Crippen molar-refractivity contribution in [1.29, 1.82) is 0 Å². The summed E-state index contributed by atoms with van der Waals surface area (Å²) in [7, 11) is 0. The molecule has 3 atom stereocenters. The summed E-state index contributed by atoms with van der Waals surface area (Å²) in [5.74, 6) is 0.794. The Morgan fingerprint density at radius 2 is 2.23 bits per heavy atom.